The summed E-state index contributed by atoms with van der Waals surface area (Å²) in [5.74, 6) is 5.05. The molecule has 0 heterocycles. The molecule has 116 valence electrons. The molecule has 0 aliphatic heterocycles. The molecular formula is C20H30O. The minimum Gasteiger partial charge on any atom is -0.300 e. The van der Waals surface area contributed by atoms with E-state index < -0.39 is 0 Å². The van der Waals surface area contributed by atoms with Crippen molar-refractivity contribution in [2.45, 2.75) is 71.6 Å². The third kappa shape index (κ3) is 1.99. The molecule has 6 atom stereocenters. The van der Waals surface area contributed by atoms with Crippen LogP contribution < -0.4 is 0 Å². The molecule has 0 aromatic rings. The lowest BCUT2D eigenvalue weighted by atomic mass is 9.50. The van der Waals surface area contributed by atoms with Crippen molar-refractivity contribution in [3.8, 4) is 0 Å². The zero-order valence-electron chi connectivity index (χ0n) is 13.7. The topological polar surface area (TPSA) is 17.1 Å². The highest BCUT2D eigenvalue weighted by molar-refractivity contribution is 5.79. The van der Waals surface area contributed by atoms with Crippen LogP contribution in [0.3, 0.4) is 0 Å². The molecule has 1 heteroatoms. The average molecular weight is 286 g/mol. The fourth-order valence-electron chi connectivity index (χ4n) is 6.98. The van der Waals surface area contributed by atoms with Crippen molar-refractivity contribution in [1.82, 2.24) is 0 Å². The number of carbonyl (C=O) groups excluding carboxylic acids is 1. The highest BCUT2D eigenvalue weighted by atomic mass is 16.1. The zero-order chi connectivity index (χ0) is 14.6. The van der Waals surface area contributed by atoms with Gasteiger partial charge >= 0.3 is 0 Å². The lowest BCUT2D eigenvalue weighted by molar-refractivity contribution is -0.126. The Bertz CT molecular complexity index is 476. The lowest BCUT2D eigenvalue weighted by Crippen LogP contribution is -2.47. The number of Topliss-reactive ketones (excluding diaryl/α,β-unsaturated/α-hetero) is 1. The summed E-state index contributed by atoms with van der Waals surface area (Å²) in [6, 6.07) is 0. The first-order chi connectivity index (χ1) is 10.1. The van der Waals surface area contributed by atoms with E-state index in [9.17, 15) is 4.79 Å². The number of ketones is 1. The predicted molar refractivity (Wildman–Crippen MR) is 85.9 cm³/mol. The highest BCUT2D eigenvalue weighted by Crippen LogP contribution is 2.63. The van der Waals surface area contributed by atoms with Crippen LogP contribution in [-0.2, 0) is 4.79 Å². The molecule has 0 N–H and O–H groups in total. The Balaban J connectivity index is 1.59. The molecule has 4 aliphatic rings. The van der Waals surface area contributed by atoms with Crippen molar-refractivity contribution < 1.29 is 4.79 Å². The van der Waals surface area contributed by atoms with Crippen LogP contribution in [0.25, 0.3) is 0 Å². The third-order valence-electron chi connectivity index (χ3n) is 7.96. The molecule has 4 aliphatic carbocycles. The van der Waals surface area contributed by atoms with E-state index in [0.29, 0.717) is 11.2 Å². The van der Waals surface area contributed by atoms with E-state index in [0.717, 1.165) is 42.4 Å². The van der Waals surface area contributed by atoms with Crippen LogP contribution >= 0.6 is 0 Å². The van der Waals surface area contributed by atoms with Crippen molar-refractivity contribution in [2.75, 3.05) is 0 Å². The highest BCUT2D eigenvalue weighted by Gasteiger charge is 2.54. The Morgan fingerprint density at radius 3 is 2.67 bits per heavy atom. The largest absolute Gasteiger partial charge is 0.300 e. The van der Waals surface area contributed by atoms with Crippen LogP contribution in [0, 0.1) is 35.0 Å². The fourth-order valence-corrected chi connectivity index (χ4v) is 6.98. The van der Waals surface area contributed by atoms with Crippen LogP contribution in [0.2, 0.25) is 0 Å². The monoisotopic (exact) mass is 286 g/mol. The van der Waals surface area contributed by atoms with Crippen molar-refractivity contribution in [3.05, 3.63) is 11.6 Å². The van der Waals surface area contributed by atoms with Gasteiger partial charge in [-0.2, -0.15) is 0 Å². The van der Waals surface area contributed by atoms with E-state index in [1.165, 1.54) is 44.9 Å². The number of allylic oxidation sites excluding steroid dienone is 2. The van der Waals surface area contributed by atoms with Crippen LogP contribution in [-0.4, -0.2) is 5.78 Å². The zero-order valence-corrected chi connectivity index (χ0v) is 13.7. The second kappa shape index (κ2) is 4.96. The van der Waals surface area contributed by atoms with Crippen LogP contribution in [0.4, 0.5) is 0 Å². The van der Waals surface area contributed by atoms with Gasteiger partial charge in [0.25, 0.3) is 0 Å². The van der Waals surface area contributed by atoms with E-state index >= 15 is 0 Å². The van der Waals surface area contributed by atoms with Crippen LogP contribution in [0.1, 0.15) is 71.6 Å². The van der Waals surface area contributed by atoms with Gasteiger partial charge in [-0.25, -0.2) is 0 Å². The van der Waals surface area contributed by atoms with Crippen molar-refractivity contribution in [2.24, 2.45) is 35.0 Å². The van der Waals surface area contributed by atoms with E-state index in [1.54, 1.807) is 5.57 Å². The maximum atomic E-state index is 11.8. The maximum absolute atomic E-state index is 11.8. The standard InChI is InChI=1S/C20H30O/c1-3-14-5-9-19-18-7-4-13-12-15(21)6-8-16(13)17(18)10-11-20(14,19)2/h3,13,16-19H,4-12H2,1-2H3/t13-,16+,17?,18?,19?,20-/m1/s1. The van der Waals surface area contributed by atoms with Crippen LogP contribution in [0.5, 0.6) is 0 Å². The van der Waals surface area contributed by atoms with Gasteiger partial charge in [0.2, 0.25) is 0 Å². The first-order valence-corrected chi connectivity index (χ1v) is 9.31. The summed E-state index contributed by atoms with van der Waals surface area (Å²) < 4.78 is 0. The first kappa shape index (κ1) is 14.0. The second-order valence-electron chi connectivity index (χ2n) is 8.53. The molecule has 0 aromatic carbocycles. The molecular weight excluding hydrogens is 256 g/mol. The van der Waals surface area contributed by atoms with E-state index in [2.05, 4.69) is 19.9 Å². The Labute approximate surface area is 129 Å². The second-order valence-corrected chi connectivity index (χ2v) is 8.53. The van der Waals surface area contributed by atoms with Gasteiger partial charge in [-0.3, -0.25) is 4.79 Å². The van der Waals surface area contributed by atoms with Gasteiger partial charge in [0, 0.05) is 12.8 Å². The van der Waals surface area contributed by atoms with Gasteiger partial charge in [0.1, 0.15) is 5.78 Å². The summed E-state index contributed by atoms with van der Waals surface area (Å²) in [4.78, 5) is 11.8. The quantitative estimate of drug-likeness (QED) is 0.562. The summed E-state index contributed by atoms with van der Waals surface area (Å²) in [5, 5.41) is 0. The van der Waals surface area contributed by atoms with Crippen LogP contribution in [0.15, 0.2) is 11.6 Å². The Morgan fingerprint density at radius 1 is 1.00 bits per heavy atom. The van der Waals surface area contributed by atoms with E-state index in [-0.39, 0.29) is 0 Å². The summed E-state index contributed by atoms with van der Waals surface area (Å²) in [5.41, 5.74) is 2.28. The fraction of sp³-hybridized carbons (Fsp3) is 0.850. The molecule has 3 unspecified atom stereocenters. The molecule has 4 fully saturated rings. The Hall–Kier alpha value is -0.590. The van der Waals surface area contributed by atoms with Gasteiger partial charge in [0.15, 0.2) is 0 Å². The van der Waals surface area contributed by atoms with E-state index in [4.69, 9.17) is 0 Å². The van der Waals surface area contributed by atoms with Gasteiger partial charge in [0.05, 0.1) is 0 Å². The number of carbonyl (C=O) groups is 1. The minimum atomic E-state index is 0.521. The number of hydrogen-bond donors (Lipinski definition) is 0. The molecule has 21 heavy (non-hydrogen) atoms. The normalized spacial score (nSPS) is 51.4. The van der Waals surface area contributed by atoms with Gasteiger partial charge in [-0.05, 0) is 86.9 Å². The maximum Gasteiger partial charge on any atom is 0.133 e. The Morgan fingerprint density at radius 2 is 1.86 bits per heavy atom. The number of rotatable bonds is 0. The smallest absolute Gasteiger partial charge is 0.133 e. The molecule has 0 amide bonds. The van der Waals surface area contributed by atoms with Gasteiger partial charge in [-0.1, -0.05) is 18.6 Å². The molecule has 1 nitrogen and oxygen atoms in total. The van der Waals surface area contributed by atoms with Gasteiger partial charge in [-0.15, -0.1) is 0 Å². The molecule has 4 rings (SSSR count). The molecule has 0 saturated heterocycles. The summed E-state index contributed by atoms with van der Waals surface area (Å²) in [6.45, 7) is 4.81. The first-order valence-electron chi connectivity index (χ1n) is 9.31. The van der Waals surface area contributed by atoms with E-state index in [1.807, 2.05) is 0 Å². The molecule has 4 saturated carbocycles. The number of hydrogen-bond acceptors (Lipinski definition) is 1. The number of fused-ring (bicyclic) bond motifs is 5. The predicted octanol–water partition coefficient (Wildman–Crippen LogP) is 5.15. The summed E-state index contributed by atoms with van der Waals surface area (Å²) in [6.07, 6.45) is 13.8. The third-order valence-corrected chi connectivity index (χ3v) is 7.96. The lowest BCUT2D eigenvalue weighted by Gasteiger charge is -2.54. The van der Waals surface area contributed by atoms with Crippen molar-refractivity contribution in [1.29, 1.82) is 0 Å². The minimum absolute atomic E-state index is 0.521. The average Bonchev–Trinajstić information content (AvgIpc) is 2.83. The Kier molecular flexibility index (Phi) is 3.32. The summed E-state index contributed by atoms with van der Waals surface area (Å²) >= 11 is 0. The SMILES string of the molecule is CC=C1CCC2C3CC[C@@H]4CC(=O)CC[C@@H]4C3CC[C@]12C. The molecule has 0 spiro atoms. The molecule has 0 aromatic heterocycles. The molecule has 0 radical (unpaired) electrons. The summed E-state index contributed by atoms with van der Waals surface area (Å²) in [7, 11) is 0. The van der Waals surface area contributed by atoms with Crippen molar-refractivity contribution >= 4 is 5.78 Å². The van der Waals surface area contributed by atoms with Gasteiger partial charge < -0.3 is 0 Å². The molecule has 0 bridgehead atoms. The van der Waals surface area contributed by atoms with Crippen molar-refractivity contribution in [3.63, 3.8) is 0 Å².